The Kier molecular flexibility index (Phi) is 3.75. The first kappa shape index (κ1) is 13.2. The van der Waals surface area contributed by atoms with Gasteiger partial charge in [-0.25, -0.2) is 8.78 Å². The monoisotopic (exact) mass is 260 g/mol. The number of rotatable bonds is 2. The maximum absolute atomic E-state index is 12.4. The summed E-state index contributed by atoms with van der Waals surface area (Å²) >= 11 is 5.34. The van der Waals surface area contributed by atoms with Crippen molar-refractivity contribution in [2.75, 3.05) is 0 Å². The Bertz CT molecular complexity index is 377. The van der Waals surface area contributed by atoms with Gasteiger partial charge in [-0.15, -0.1) is 0 Å². The first-order valence-corrected chi connectivity index (χ1v) is 4.44. The predicted molar refractivity (Wildman–Crippen MR) is 47.4 cm³/mol. The van der Waals surface area contributed by atoms with Crippen LogP contribution < -0.4 is 0 Å². The fourth-order valence-electron chi connectivity index (χ4n) is 1.17. The molecule has 0 saturated heterocycles. The van der Waals surface area contributed by atoms with Crippen molar-refractivity contribution in [2.45, 2.75) is 18.7 Å². The quantitative estimate of drug-likeness (QED) is 0.805. The summed E-state index contributed by atoms with van der Waals surface area (Å²) in [5.74, 6) is 0. The van der Waals surface area contributed by atoms with Crippen LogP contribution in [0.3, 0.4) is 0 Å². The normalized spacial score (nSPS) is 14.2. The fraction of sp³-hybridized carbons (Fsp3) is 0.333. The summed E-state index contributed by atoms with van der Waals surface area (Å²) < 4.78 is 61.6. The van der Waals surface area contributed by atoms with Crippen LogP contribution >= 0.6 is 11.6 Å². The average Bonchev–Trinajstić information content (AvgIpc) is 2.15. The minimum atomic E-state index is -4.84. The molecule has 0 bridgehead atoms. The van der Waals surface area contributed by atoms with Crippen molar-refractivity contribution < 1.29 is 27.1 Å². The number of hydrogen-bond acceptors (Lipinski definition) is 1. The van der Waals surface area contributed by atoms with Crippen molar-refractivity contribution in [3.05, 3.63) is 34.3 Å². The van der Waals surface area contributed by atoms with Crippen molar-refractivity contribution >= 4 is 11.6 Å². The van der Waals surface area contributed by atoms with Gasteiger partial charge in [-0.2, -0.15) is 13.2 Å². The van der Waals surface area contributed by atoms with E-state index in [1.165, 1.54) is 0 Å². The van der Waals surface area contributed by atoms with E-state index in [2.05, 4.69) is 0 Å². The standard InChI is InChI=1S/C9H6ClF5O/c10-4-1-2-5(7(16)8(11)12)6(3-4)9(13,14)15/h1-3,7-8,16H. The van der Waals surface area contributed by atoms with E-state index in [0.717, 1.165) is 12.1 Å². The van der Waals surface area contributed by atoms with Gasteiger partial charge in [-0.3, -0.25) is 0 Å². The van der Waals surface area contributed by atoms with E-state index in [4.69, 9.17) is 16.7 Å². The van der Waals surface area contributed by atoms with E-state index in [-0.39, 0.29) is 5.02 Å². The molecule has 0 aliphatic heterocycles. The highest BCUT2D eigenvalue weighted by atomic mass is 35.5. The lowest BCUT2D eigenvalue weighted by atomic mass is 10.0. The molecule has 0 aromatic heterocycles. The first-order chi connectivity index (χ1) is 7.23. The minimum Gasteiger partial charge on any atom is -0.382 e. The molecule has 1 aromatic carbocycles. The average molecular weight is 261 g/mol. The highest BCUT2D eigenvalue weighted by Crippen LogP contribution is 2.37. The van der Waals surface area contributed by atoms with E-state index in [9.17, 15) is 22.0 Å². The van der Waals surface area contributed by atoms with E-state index < -0.39 is 29.8 Å². The third kappa shape index (κ3) is 2.82. The van der Waals surface area contributed by atoms with Crippen LogP contribution in [0.25, 0.3) is 0 Å². The molecule has 1 N–H and O–H groups in total. The lowest BCUT2D eigenvalue weighted by Crippen LogP contribution is -2.16. The topological polar surface area (TPSA) is 20.2 Å². The van der Waals surface area contributed by atoms with Crippen molar-refractivity contribution in [1.82, 2.24) is 0 Å². The maximum atomic E-state index is 12.4. The van der Waals surface area contributed by atoms with Crippen LogP contribution in [0, 0.1) is 0 Å². The molecule has 0 amide bonds. The van der Waals surface area contributed by atoms with Gasteiger partial charge in [0, 0.05) is 5.02 Å². The van der Waals surface area contributed by atoms with Crippen molar-refractivity contribution in [3.63, 3.8) is 0 Å². The predicted octanol–water partition coefficient (Wildman–Crippen LogP) is 3.66. The number of aliphatic hydroxyl groups is 1. The molecule has 0 aliphatic rings. The molecule has 0 saturated carbocycles. The molecule has 1 nitrogen and oxygen atoms in total. The van der Waals surface area contributed by atoms with Crippen LogP contribution in [0.1, 0.15) is 17.2 Å². The van der Waals surface area contributed by atoms with Crippen molar-refractivity contribution in [1.29, 1.82) is 0 Å². The maximum Gasteiger partial charge on any atom is 0.416 e. The summed E-state index contributed by atoms with van der Waals surface area (Å²) in [5.41, 5.74) is -2.24. The Labute approximate surface area is 92.5 Å². The molecule has 0 spiro atoms. The summed E-state index contributed by atoms with van der Waals surface area (Å²) in [6, 6.07) is 2.25. The van der Waals surface area contributed by atoms with E-state index in [1.807, 2.05) is 0 Å². The molecule has 1 atom stereocenters. The van der Waals surface area contributed by atoms with E-state index in [1.54, 1.807) is 0 Å². The summed E-state index contributed by atoms with van der Waals surface area (Å²) in [6.45, 7) is 0. The van der Waals surface area contributed by atoms with Crippen LogP contribution in [0.15, 0.2) is 18.2 Å². The van der Waals surface area contributed by atoms with Crippen LogP contribution in [0.2, 0.25) is 5.02 Å². The van der Waals surface area contributed by atoms with Crippen LogP contribution in [-0.4, -0.2) is 11.5 Å². The van der Waals surface area contributed by atoms with Gasteiger partial charge in [-0.05, 0) is 17.7 Å². The van der Waals surface area contributed by atoms with E-state index >= 15 is 0 Å². The zero-order chi connectivity index (χ0) is 12.5. The molecule has 0 radical (unpaired) electrons. The number of alkyl halides is 5. The zero-order valence-corrected chi connectivity index (χ0v) is 8.36. The molecule has 16 heavy (non-hydrogen) atoms. The van der Waals surface area contributed by atoms with Crippen molar-refractivity contribution in [2.24, 2.45) is 0 Å². The second-order valence-corrected chi connectivity index (χ2v) is 3.45. The Morgan fingerprint density at radius 1 is 1.19 bits per heavy atom. The molecule has 90 valence electrons. The van der Waals surface area contributed by atoms with Gasteiger partial charge in [-0.1, -0.05) is 17.7 Å². The largest absolute Gasteiger partial charge is 0.416 e. The lowest BCUT2D eigenvalue weighted by Gasteiger charge is -2.17. The van der Waals surface area contributed by atoms with Gasteiger partial charge >= 0.3 is 6.18 Å². The van der Waals surface area contributed by atoms with Crippen LogP contribution in [0.5, 0.6) is 0 Å². The van der Waals surface area contributed by atoms with Gasteiger partial charge in [0.05, 0.1) is 5.56 Å². The van der Waals surface area contributed by atoms with Crippen LogP contribution in [-0.2, 0) is 6.18 Å². The van der Waals surface area contributed by atoms with Gasteiger partial charge in [0.15, 0.2) is 0 Å². The van der Waals surface area contributed by atoms with Gasteiger partial charge in [0.2, 0.25) is 0 Å². The SMILES string of the molecule is OC(c1ccc(Cl)cc1C(F)(F)F)C(F)F. The number of halogens is 6. The minimum absolute atomic E-state index is 0.238. The molecule has 0 aliphatic carbocycles. The number of aliphatic hydroxyl groups excluding tert-OH is 1. The lowest BCUT2D eigenvalue weighted by molar-refractivity contribution is -0.140. The molecule has 0 heterocycles. The van der Waals surface area contributed by atoms with E-state index in [0.29, 0.717) is 6.07 Å². The Morgan fingerprint density at radius 2 is 1.75 bits per heavy atom. The van der Waals surface area contributed by atoms with Gasteiger partial charge < -0.3 is 5.11 Å². The molecule has 1 unspecified atom stereocenters. The van der Waals surface area contributed by atoms with Crippen molar-refractivity contribution in [3.8, 4) is 0 Å². The molecular weight excluding hydrogens is 255 g/mol. The van der Waals surface area contributed by atoms with Gasteiger partial charge in [0.25, 0.3) is 6.43 Å². The molecule has 7 heteroatoms. The highest BCUT2D eigenvalue weighted by molar-refractivity contribution is 6.30. The second-order valence-electron chi connectivity index (χ2n) is 3.01. The zero-order valence-electron chi connectivity index (χ0n) is 7.60. The Morgan fingerprint density at radius 3 is 2.19 bits per heavy atom. The molecule has 1 aromatic rings. The third-order valence-corrected chi connectivity index (χ3v) is 2.11. The molecule has 1 rings (SSSR count). The molecular formula is C9H6ClF5O. The first-order valence-electron chi connectivity index (χ1n) is 4.06. The third-order valence-electron chi connectivity index (χ3n) is 1.88. The smallest absolute Gasteiger partial charge is 0.382 e. The van der Waals surface area contributed by atoms with Crippen LogP contribution in [0.4, 0.5) is 22.0 Å². The number of benzene rings is 1. The second kappa shape index (κ2) is 4.55. The van der Waals surface area contributed by atoms with Gasteiger partial charge in [0.1, 0.15) is 6.10 Å². The Hall–Kier alpha value is -0.880. The fourth-order valence-corrected chi connectivity index (χ4v) is 1.34. The summed E-state index contributed by atoms with van der Waals surface area (Å²) in [6.07, 6.45) is -10.6. The summed E-state index contributed by atoms with van der Waals surface area (Å²) in [4.78, 5) is 0. The Balaban J connectivity index is 3.29. The summed E-state index contributed by atoms with van der Waals surface area (Å²) in [5, 5.41) is 8.70. The molecule has 0 fully saturated rings. The number of hydrogen-bond donors (Lipinski definition) is 1. The highest BCUT2D eigenvalue weighted by Gasteiger charge is 2.37. The summed E-state index contributed by atoms with van der Waals surface area (Å²) in [7, 11) is 0.